The Balaban J connectivity index is 1.51. The second-order valence-corrected chi connectivity index (χ2v) is 7.72. The zero-order valence-corrected chi connectivity index (χ0v) is 18.9. The van der Waals surface area contributed by atoms with E-state index in [0.29, 0.717) is 34.4 Å². The third kappa shape index (κ3) is 7.43. The molecule has 3 rings (SSSR count). The van der Waals surface area contributed by atoms with Gasteiger partial charge in [-0.05, 0) is 60.7 Å². The maximum Gasteiger partial charge on any atom is 0.234 e. The number of carbonyl (C=O) groups is 2. The zero-order valence-electron chi connectivity index (χ0n) is 18.1. The molecule has 9 heteroatoms. The van der Waals surface area contributed by atoms with E-state index in [0.717, 1.165) is 11.8 Å². The molecule has 0 saturated heterocycles. The van der Waals surface area contributed by atoms with Gasteiger partial charge in [0, 0.05) is 17.4 Å². The van der Waals surface area contributed by atoms with E-state index in [9.17, 15) is 14.0 Å². The molecule has 0 fully saturated rings. The molecule has 0 unspecified atom stereocenters. The molecule has 172 valence electrons. The Morgan fingerprint density at radius 2 is 1.33 bits per heavy atom. The van der Waals surface area contributed by atoms with Crippen LogP contribution in [0.3, 0.4) is 0 Å². The lowest BCUT2D eigenvalue weighted by atomic mass is 10.2. The van der Waals surface area contributed by atoms with E-state index >= 15 is 0 Å². The van der Waals surface area contributed by atoms with Gasteiger partial charge < -0.3 is 24.8 Å². The standard InChI is InChI=1S/C24H23FN2O5S/c1-30-19-8-10-20(11-9-19)32-22-13-18(7-12-21(22)31-2)27-24(29)15-33-14-23(28)26-17-5-3-16(25)4-6-17/h3-13H,14-15H2,1-2H3,(H,26,28)(H,27,29). The summed E-state index contributed by atoms with van der Waals surface area (Å²) < 4.78 is 29.3. The van der Waals surface area contributed by atoms with Crippen molar-refractivity contribution in [2.45, 2.75) is 0 Å². The van der Waals surface area contributed by atoms with Gasteiger partial charge in [-0.15, -0.1) is 11.8 Å². The fourth-order valence-electron chi connectivity index (χ4n) is 2.77. The van der Waals surface area contributed by atoms with Gasteiger partial charge in [-0.1, -0.05) is 0 Å². The Morgan fingerprint density at radius 1 is 0.758 bits per heavy atom. The van der Waals surface area contributed by atoms with Crippen molar-refractivity contribution in [3.05, 3.63) is 72.5 Å². The summed E-state index contributed by atoms with van der Waals surface area (Å²) in [5.41, 5.74) is 1.02. The van der Waals surface area contributed by atoms with Gasteiger partial charge in [0.1, 0.15) is 17.3 Å². The van der Waals surface area contributed by atoms with Crippen molar-refractivity contribution < 1.29 is 28.2 Å². The number of anilines is 2. The Bertz CT molecular complexity index is 1090. The molecule has 2 amide bonds. The number of thioether (sulfide) groups is 1. The van der Waals surface area contributed by atoms with Gasteiger partial charge in [-0.3, -0.25) is 9.59 Å². The largest absolute Gasteiger partial charge is 0.497 e. The molecule has 0 heterocycles. The number of ether oxygens (including phenoxy) is 3. The summed E-state index contributed by atoms with van der Waals surface area (Å²) in [6.07, 6.45) is 0. The highest BCUT2D eigenvalue weighted by molar-refractivity contribution is 8.00. The lowest BCUT2D eigenvalue weighted by molar-refractivity contribution is -0.114. The normalized spacial score (nSPS) is 10.3. The van der Waals surface area contributed by atoms with Crippen LogP contribution in [0.15, 0.2) is 66.7 Å². The number of nitrogens with one attached hydrogen (secondary N) is 2. The zero-order chi connectivity index (χ0) is 23.6. The molecule has 0 aromatic heterocycles. The molecule has 33 heavy (non-hydrogen) atoms. The first-order valence-corrected chi connectivity index (χ1v) is 11.1. The summed E-state index contributed by atoms with van der Waals surface area (Å²) in [5, 5.41) is 5.43. The molecule has 0 bridgehead atoms. The van der Waals surface area contributed by atoms with E-state index in [4.69, 9.17) is 14.2 Å². The van der Waals surface area contributed by atoms with Crippen LogP contribution in [0.1, 0.15) is 0 Å². The van der Waals surface area contributed by atoms with Crippen molar-refractivity contribution in [2.24, 2.45) is 0 Å². The number of rotatable bonds is 10. The van der Waals surface area contributed by atoms with Crippen LogP contribution in [0.4, 0.5) is 15.8 Å². The fraction of sp³-hybridized carbons (Fsp3) is 0.167. The van der Waals surface area contributed by atoms with Crippen LogP contribution < -0.4 is 24.8 Å². The van der Waals surface area contributed by atoms with Crippen LogP contribution in [-0.2, 0) is 9.59 Å². The topological polar surface area (TPSA) is 85.9 Å². The first-order chi connectivity index (χ1) is 16.0. The first kappa shape index (κ1) is 23.9. The molecule has 0 aliphatic carbocycles. The van der Waals surface area contributed by atoms with E-state index in [1.807, 2.05) is 0 Å². The Labute approximate surface area is 195 Å². The molecule has 3 aromatic carbocycles. The van der Waals surface area contributed by atoms with Crippen LogP contribution >= 0.6 is 11.8 Å². The molecule has 0 spiro atoms. The van der Waals surface area contributed by atoms with E-state index < -0.39 is 0 Å². The number of halogens is 1. The molecule has 0 saturated carbocycles. The smallest absolute Gasteiger partial charge is 0.234 e. The van der Waals surface area contributed by atoms with Crippen molar-refractivity contribution in [2.75, 3.05) is 36.4 Å². The third-order valence-corrected chi connectivity index (χ3v) is 5.26. The molecule has 0 aliphatic rings. The number of hydrogen-bond donors (Lipinski definition) is 2. The number of hydrogen-bond acceptors (Lipinski definition) is 6. The minimum absolute atomic E-state index is 0.0809. The molecule has 0 aliphatic heterocycles. The van der Waals surface area contributed by atoms with Crippen molar-refractivity contribution in [1.82, 2.24) is 0 Å². The Morgan fingerprint density at radius 3 is 1.94 bits per heavy atom. The number of amides is 2. The maximum absolute atomic E-state index is 12.9. The van der Waals surface area contributed by atoms with E-state index in [1.165, 1.54) is 31.4 Å². The van der Waals surface area contributed by atoms with Crippen molar-refractivity contribution in [1.29, 1.82) is 0 Å². The van der Waals surface area contributed by atoms with Crippen molar-refractivity contribution in [3.63, 3.8) is 0 Å². The van der Waals surface area contributed by atoms with E-state index in [-0.39, 0.29) is 29.1 Å². The van der Waals surface area contributed by atoms with Gasteiger partial charge in [-0.2, -0.15) is 0 Å². The number of carbonyl (C=O) groups excluding carboxylic acids is 2. The first-order valence-electron chi connectivity index (χ1n) is 9.90. The average Bonchev–Trinajstić information content (AvgIpc) is 2.81. The van der Waals surface area contributed by atoms with Crippen molar-refractivity contribution >= 4 is 35.0 Å². The summed E-state index contributed by atoms with van der Waals surface area (Å²) in [7, 11) is 3.11. The molecule has 7 nitrogen and oxygen atoms in total. The average molecular weight is 471 g/mol. The van der Waals surface area contributed by atoms with E-state index in [2.05, 4.69) is 10.6 Å². The highest BCUT2D eigenvalue weighted by Crippen LogP contribution is 2.34. The maximum atomic E-state index is 12.9. The monoisotopic (exact) mass is 470 g/mol. The summed E-state index contributed by atoms with van der Waals surface area (Å²) in [5.74, 6) is 1.47. The number of methoxy groups -OCH3 is 2. The van der Waals surface area contributed by atoms with Crippen LogP contribution in [0.5, 0.6) is 23.0 Å². The summed E-state index contributed by atoms with van der Waals surface area (Å²) >= 11 is 1.16. The van der Waals surface area contributed by atoms with Gasteiger partial charge in [0.05, 0.1) is 25.7 Å². The van der Waals surface area contributed by atoms with Crippen LogP contribution in [0, 0.1) is 5.82 Å². The van der Waals surface area contributed by atoms with Crippen LogP contribution in [-0.4, -0.2) is 37.5 Å². The third-order valence-electron chi connectivity index (χ3n) is 4.33. The quantitative estimate of drug-likeness (QED) is 0.436. The lowest BCUT2D eigenvalue weighted by Crippen LogP contribution is -2.18. The van der Waals surface area contributed by atoms with Gasteiger partial charge in [-0.25, -0.2) is 4.39 Å². The van der Waals surface area contributed by atoms with Gasteiger partial charge in [0.15, 0.2) is 11.5 Å². The Kier molecular flexibility index (Phi) is 8.54. The van der Waals surface area contributed by atoms with Crippen LogP contribution in [0.25, 0.3) is 0 Å². The summed E-state index contributed by atoms with van der Waals surface area (Å²) in [6.45, 7) is 0. The minimum Gasteiger partial charge on any atom is -0.497 e. The molecular weight excluding hydrogens is 447 g/mol. The summed E-state index contributed by atoms with van der Waals surface area (Å²) in [6, 6.07) is 17.6. The lowest BCUT2D eigenvalue weighted by Gasteiger charge is -2.13. The molecule has 2 N–H and O–H groups in total. The van der Waals surface area contributed by atoms with Gasteiger partial charge >= 0.3 is 0 Å². The SMILES string of the molecule is COc1ccc(Oc2cc(NC(=O)CSCC(=O)Nc3ccc(F)cc3)ccc2OC)cc1. The summed E-state index contributed by atoms with van der Waals surface area (Å²) in [4.78, 5) is 24.3. The molecular formula is C24H23FN2O5S. The van der Waals surface area contributed by atoms with Crippen molar-refractivity contribution in [3.8, 4) is 23.0 Å². The fourth-order valence-corrected chi connectivity index (χ4v) is 3.39. The second kappa shape index (κ2) is 11.8. The predicted molar refractivity (Wildman–Crippen MR) is 127 cm³/mol. The molecule has 3 aromatic rings. The predicted octanol–water partition coefficient (Wildman–Crippen LogP) is 4.95. The highest BCUT2D eigenvalue weighted by atomic mass is 32.2. The number of benzene rings is 3. The highest BCUT2D eigenvalue weighted by Gasteiger charge is 2.11. The second-order valence-electron chi connectivity index (χ2n) is 6.74. The molecule has 0 atom stereocenters. The molecule has 0 radical (unpaired) electrons. The van der Waals surface area contributed by atoms with Gasteiger partial charge in [0.2, 0.25) is 11.8 Å². The van der Waals surface area contributed by atoms with Gasteiger partial charge in [0.25, 0.3) is 0 Å². The Hall–Kier alpha value is -3.72. The van der Waals surface area contributed by atoms with E-state index in [1.54, 1.807) is 49.6 Å². The minimum atomic E-state index is -0.380. The van der Waals surface area contributed by atoms with Crippen LogP contribution in [0.2, 0.25) is 0 Å².